The fourth-order valence-corrected chi connectivity index (χ4v) is 4.91. The molecule has 4 aromatic rings. The third kappa shape index (κ3) is 5.87. The molecule has 2 atom stereocenters. The largest absolute Gasteiger partial charge is 0.494 e. The van der Waals surface area contributed by atoms with Gasteiger partial charge in [-0.3, -0.25) is 14.0 Å². The van der Waals surface area contributed by atoms with Gasteiger partial charge in [0.2, 0.25) is 11.7 Å². The molecular weight excluding hydrogens is 548 g/mol. The SMILES string of the molecule is CCc1cc(Nc2nccn3c(-c4ccc(OC)c(F)c4F)cnc23)ccc1C(=O)NCCNC(=O)C1CC(O)CN1. The van der Waals surface area contributed by atoms with E-state index in [1.165, 1.54) is 31.6 Å². The molecule has 0 spiro atoms. The second kappa shape index (κ2) is 12.5. The highest BCUT2D eigenvalue weighted by atomic mass is 19.2. The highest BCUT2D eigenvalue weighted by Gasteiger charge is 2.27. The van der Waals surface area contributed by atoms with Gasteiger partial charge in [-0.15, -0.1) is 0 Å². The number of anilines is 2. The highest BCUT2D eigenvalue weighted by Crippen LogP contribution is 2.31. The molecule has 0 bridgehead atoms. The molecule has 13 heteroatoms. The van der Waals surface area contributed by atoms with Crippen molar-refractivity contribution in [1.82, 2.24) is 30.3 Å². The quantitative estimate of drug-likeness (QED) is 0.181. The molecule has 3 heterocycles. The summed E-state index contributed by atoms with van der Waals surface area (Å²) in [7, 11) is 1.27. The molecule has 2 aromatic heterocycles. The molecule has 2 amide bonds. The molecule has 0 aliphatic carbocycles. The first-order valence-corrected chi connectivity index (χ1v) is 13.5. The van der Waals surface area contributed by atoms with Gasteiger partial charge in [0.1, 0.15) is 0 Å². The number of aryl methyl sites for hydroxylation is 1. The van der Waals surface area contributed by atoms with Crippen molar-refractivity contribution in [1.29, 1.82) is 0 Å². The predicted molar refractivity (Wildman–Crippen MR) is 152 cm³/mol. The van der Waals surface area contributed by atoms with Crippen LogP contribution in [0.2, 0.25) is 0 Å². The first kappa shape index (κ1) is 28.9. The average Bonchev–Trinajstić information content (AvgIpc) is 3.63. The molecule has 0 saturated carbocycles. The number of nitrogens with zero attached hydrogens (tertiary/aromatic N) is 3. The van der Waals surface area contributed by atoms with E-state index in [4.69, 9.17) is 4.74 Å². The lowest BCUT2D eigenvalue weighted by atomic mass is 10.0. The monoisotopic (exact) mass is 579 g/mol. The zero-order valence-electron chi connectivity index (χ0n) is 23.1. The number of fused-ring (bicyclic) bond motifs is 1. The molecule has 1 saturated heterocycles. The minimum atomic E-state index is -1.08. The number of β-amino-alcohol motifs (C(OH)–C–C–N with tert-alkyl or cyclic N) is 1. The van der Waals surface area contributed by atoms with Crippen LogP contribution in [0.5, 0.6) is 5.75 Å². The molecule has 42 heavy (non-hydrogen) atoms. The van der Waals surface area contributed by atoms with Gasteiger partial charge in [0.05, 0.1) is 31.1 Å². The molecule has 5 N–H and O–H groups in total. The number of imidazole rings is 1. The average molecular weight is 580 g/mol. The number of halogens is 2. The maximum Gasteiger partial charge on any atom is 0.251 e. The van der Waals surface area contributed by atoms with Crippen molar-refractivity contribution in [2.24, 2.45) is 0 Å². The van der Waals surface area contributed by atoms with Gasteiger partial charge in [0.25, 0.3) is 5.91 Å². The lowest BCUT2D eigenvalue weighted by molar-refractivity contribution is -0.122. The lowest BCUT2D eigenvalue weighted by Gasteiger charge is -2.14. The standard InChI is InChI=1S/C29H31F2N7O4/c1-3-16-12-17(4-5-19(16)28(40)33-8-9-34-29(41)21-13-18(39)14-35-21)37-26-27-36-15-22(38(27)11-10-32-26)20-6-7-23(42-2)25(31)24(20)30/h4-7,10-12,15,18,21,35,39H,3,8-9,13-14H2,1-2H3,(H,32,37)(H,33,40)(H,34,41). The number of ether oxygens (including phenoxy) is 1. The third-order valence-electron chi connectivity index (χ3n) is 7.10. The number of carbonyl (C=O) groups excluding carboxylic acids is 2. The summed E-state index contributed by atoms with van der Waals surface area (Å²) in [4.78, 5) is 33.8. The molecule has 220 valence electrons. The van der Waals surface area contributed by atoms with Crippen LogP contribution in [0.1, 0.15) is 29.3 Å². The topological polar surface area (TPSA) is 142 Å². The van der Waals surface area contributed by atoms with Gasteiger partial charge >= 0.3 is 0 Å². The molecule has 2 unspecified atom stereocenters. The predicted octanol–water partition coefficient (Wildman–Crippen LogP) is 2.56. The zero-order chi connectivity index (χ0) is 29.8. The second-order valence-electron chi connectivity index (χ2n) is 9.80. The number of hydrogen-bond acceptors (Lipinski definition) is 8. The summed E-state index contributed by atoms with van der Waals surface area (Å²) >= 11 is 0. The minimum absolute atomic E-state index is 0.0233. The third-order valence-corrected chi connectivity index (χ3v) is 7.10. The van der Waals surface area contributed by atoms with E-state index in [0.29, 0.717) is 47.8 Å². The first-order chi connectivity index (χ1) is 20.3. The van der Waals surface area contributed by atoms with Crippen molar-refractivity contribution in [3.05, 3.63) is 71.7 Å². The summed E-state index contributed by atoms with van der Waals surface area (Å²) in [5.41, 5.74) is 2.71. The van der Waals surface area contributed by atoms with Gasteiger partial charge in [0, 0.05) is 48.8 Å². The summed E-state index contributed by atoms with van der Waals surface area (Å²) in [6, 6.07) is 7.63. The van der Waals surface area contributed by atoms with Crippen LogP contribution in [0.15, 0.2) is 48.9 Å². The normalized spacial score (nSPS) is 16.4. The first-order valence-electron chi connectivity index (χ1n) is 13.5. The summed E-state index contributed by atoms with van der Waals surface area (Å²) in [5, 5.41) is 21.3. The van der Waals surface area contributed by atoms with Crippen molar-refractivity contribution < 1.29 is 28.2 Å². The number of rotatable bonds is 10. The molecule has 1 aliphatic rings. The Labute approximate surface area is 240 Å². The van der Waals surface area contributed by atoms with Crippen LogP contribution < -0.4 is 26.0 Å². The van der Waals surface area contributed by atoms with Crippen molar-refractivity contribution in [2.75, 3.05) is 32.1 Å². The number of aliphatic hydroxyl groups is 1. The van der Waals surface area contributed by atoms with Gasteiger partial charge < -0.3 is 31.1 Å². The van der Waals surface area contributed by atoms with Crippen molar-refractivity contribution in [3.8, 4) is 17.0 Å². The molecule has 5 rings (SSSR count). The Hall–Kier alpha value is -4.62. The van der Waals surface area contributed by atoms with Crippen LogP contribution in [0.4, 0.5) is 20.3 Å². The fraction of sp³-hybridized carbons (Fsp3) is 0.310. The summed E-state index contributed by atoms with van der Waals surface area (Å²) in [6.07, 6.45) is 4.98. The number of benzene rings is 2. The van der Waals surface area contributed by atoms with Gasteiger partial charge in [-0.05, 0) is 48.7 Å². The minimum Gasteiger partial charge on any atom is -0.494 e. The van der Waals surface area contributed by atoms with Crippen molar-refractivity contribution >= 4 is 29.0 Å². The van der Waals surface area contributed by atoms with Gasteiger partial charge in [-0.2, -0.15) is 4.39 Å². The summed E-state index contributed by atoms with van der Waals surface area (Å²) in [5.74, 6) is -2.41. The van der Waals surface area contributed by atoms with Gasteiger partial charge in [-0.1, -0.05) is 6.92 Å². The van der Waals surface area contributed by atoms with Crippen LogP contribution in [-0.2, 0) is 11.2 Å². The van der Waals surface area contributed by atoms with Crippen LogP contribution in [-0.4, -0.2) is 70.2 Å². The van der Waals surface area contributed by atoms with Crippen LogP contribution in [0.25, 0.3) is 16.9 Å². The second-order valence-corrected chi connectivity index (χ2v) is 9.80. The van der Waals surface area contributed by atoms with E-state index in [0.717, 1.165) is 5.56 Å². The molecule has 0 radical (unpaired) electrons. The van der Waals surface area contributed by atoms with E-state index >= 15 is 0 Å². The van der Waals surface area contributed by atoms with Crippen molar-refractivity contribution in [2.45, 2.75) is 31.9 Å². The number of methoxy groups -OCH3 is 1. The number of hydrogen-bond donors (Lipinski definition) is 5. The summed E-state index contributed by atoms with van der Waals surface area (Å²) in [6.45, 7) is 2.82. The Morgan fingerprint density at radius 1 is 1.14 bits per heavy atom. The Bertz CT molecular complexity index is 1630. The number of amides is 2. The van der Waals surface area contributed by atoms with Crippen LogP contribution in [0, 0.1) is 11.6 Å². The number of aromatic nitrogens is 3. The Morgan fingerprint density at radius 3 is 2.69 bits per heavy atom. The molecule has 1 aliphatic heterocycles. The molecule has 2 aromatic carbocycles. The Morgan fingerprint density at radius 2 is 1.95 bits per heavy atom. The lowest BCUT2D eigenvalue weighted by Crippen LogP contribution is -2.43. The van der Waals surface area contributed by atoms with Crippen LogP contribution >= 0.6 is 0 Å². The Kier molecular flexibility index (Phi) is 8.59. The van der Waals surface area contributed by atoms with E-state index in [-0.39, 0.29) is 36.2 Å². The molecular formula is C29H31F2N7O4. The fourth-order valence-electron chi connectivity index (χ4n) is 4.91. The van der Waals surface area contributed by atoms with E-state index in [2.05, 4.69) is 31.2 Å². The Balaban J connectivity index is 1.27. The number of aliphatic hydroxyl groups excluding tert-OH is 1. The smallest absolute Gasteiger partial charge is 0.251 e. The maximum absolute atomic E-state index is 14.8. The van der Waals surface area contributed by atoms with Gasteiger partial charge in [-0.25, -0.2) is 14.4 Å². The zero-order valence-corrected chi connectivity index (χ0v) is 23.1. The number of nitrogens with one attached hydrogen (secondary N) is 4. The van der Waals surface area contributed by atoms with E-state index in [9.17, 15) is 23.5 Å². The molecule has 11 nitrogen and oxygen atoms in total. The van der Waals surface area contributed by atoms with E-state index in [1.807, 2.05) is 13.0 Å². The molecule has 1 fully saturated rings. The van der Waals surface area contributed by atoms with Crippen molar-refractivity contribution in [3.63, 3.8) is 0 Å². The highest BCUT2D eigenvalue weighted by molar-refractivity contribution is 5.96. The summed E-state index contributed by atoms with van der Waals surface area (Å²) < 4.78 is 35.6. The van der Waals surface area contributed by atoms with E-state index < -0.39 is 23.8 Å². The maximum atomic E-state index is 14.8. The van der Waals surface area contributed by atoms with E-state index in [1.54, 1.807) is 22.7 Å². The van der Waals surface area contributed by atoms with Crippen LogP contribution in [0.3, 0.4) is 0 Å². The van der Waals surface area contributed by atoms with Gasteiger partial charge in [0.15, 0.2) is 23.0 Å². The number of carbonyl (C=O) groups is 2.